The molecule has 108 valence electrons. The number of carbonyl (C=O) groups is 2. The van der Waals surface area contributed by atoms with Crippen LogP contribution in [0.4, 0.5) is 0 Å². The lowest BCUT2D eigenvalue weighted by molar-refractivity contribution is -0.141. The van der Waals surface area contributed by atoms with Gasteiger partial charge in [-0.15, -0.1) is 5.10 Å². The number of nitrogens with one attached hydrogen (secondary N) is 2. The quantitative estimate of drug-likeness (QED) is 0.679. The fraction of sp³-hybridized carbons (Fsp3) is 0.667. The molecule has 3 rings (SSSR count). The van der Waals surface area contributed by atoms with Crippen molar-refractivity contribution in [2.75, 3.05) is 13.1 Å². The number of hydrogen-bond acceptors (Lipinski definition) is 5. The molecule has 2 fully saturated rings. The molecule has 0 radical (unpaired) electrons. The van der Waals surface area contributed by atoms with Gasteiger partial charge in [0.05, 0.1) is 18.2 Å². The van der Waals surface area contributed by atoms with Gasteiger partial charge in [-0.1, -0.05) is 5.21 Å². The van der Waals surface area contributed by atoms with E-state index in [4.69, 9.17) is 5.11 Å². The van der Waals surface area contributed by atoms with Crippen molar-refractivity contribution in [1.82, 2.24) is 25.6 Å². The Labute approximate surface area is 115 Å². The van der Waals surface area contributed by atoms with Gasteiger partial charge in [0.25, 0.3) is 5.91 Å². The lowest BCUT2D eigenvalue weighted by Crippen LogP contribution is -2.43. The average Bonchev–Trinajstić information content (AvgIpc) is 2.95. The molecule has 1 aromatic rings. The SMILES string of the molecule is O=C(N[C@H]1CC[C@@H](C(=O)O)C1)c1cn(C2CNC2)nn1. The van der Waals surface area contributed by atoms with Crippen molar-refractivity contribution in [2.45, 2.75) is 31.3 Å². The van der Waals surface area contributed by atoms with Crippen LogP contribution in [0.25, 0.3) is 0 Å². The Morgan fingerprint density at radius 2 is 2.20 bits per heavy atom. The molecule has 0 bridgehead atoms. The molecule has 1 aliphatic heterocycles. The molecule has 8 heteroatoms. The normalized spacial score (nSPS) is 26.2. The lowest BCUT2D eigenvalue weighted by Gasteiger charge is -2.26. The van der Waals surface area contributed by atoms with Gasteiger partial charge < -0.3 is 15.7 Å². The summed E-state index contributed by atoms with van der Waals surface area (Å²) in [6.45, 7) is 1.68. The zero-order valence-corrected chi connectivity index (χ0v) is 11.0. The first-order valence-electron chi connectivity index (χ1n) is 6.79. The van der Waals surface area contributed by atoms with E-state index in [1.165, 1.54) is 0 Å². The predicted octanol–water partition coefficient (Wildman–Crippen LogP) is -0.594. The van der Waals surface area contributed by atoms with Crippen LogP contribution in [0, 0.1) is 5.92 Å². The lowest BCUT2D eigenvalue weighted by atomic mass is 10.1. The molecule has 3 N–H and O–H groups in total. The van der Waals surface area contributed by atoms with Gasteiger partial charge >= 0.3 is 5.97 Å². The van der Waals surface area contributed by atoms with Crippen LogP contribution in [-0.2, 0) is 4.79 Å². The summed E-state index contributed by atoms with van der Waals surface area (Å²) in [4.78, 5) is 22.9. The molecule has 0 spiro atoms. The van der Waals surface area contributed by atoms with Crippen LogP contribution in [0.2, 0.25) is 0 Å². The van der Waals surface area contributed by atoms with Gasteiger partial charge in [-0.2, -0.15) is 0 Å². The molecule has 1 aromatic heterocycles. The number of nitrogens with zero attached hydrogens (tertiary/aromatic N) is 3. The van der Waals surface area contributed by atoms with E-state index in [0.717, 1.165) is 13.1 Å². The second kappa shape index (κ2) is 5.20. The van der Waals surface area contributed by atoms with Crippen molar-refractivity contribution in [3.8, 4) is 0 Å². The summed E-state index contributed by atoms with van der Waals surface area (Å²) < 4.78 is 1.69. The monoisotopic (exact) mass is 279 g/mol. The van der Waals surface area contributed by atoms with Gasteiger partial charge in [0.2, 0.25) is 0 Å². The summed E-state index contributed by atoms with van der Waals surface area (Å²) in [5.74, 6) is -1.42. The van der Waals surface area contributed by atoms with Gasteiger partial charge in [0.1, 0.15) is 0 Å². The second-order valence-corrected chi connectivity index (χ2v) is 5.41. The van der Waals surface area contributed by atoms with Gasteiger partial charge in [0, 0.05) is 19.1 Å². The van der Waals surface area contributed by atoms with Crippen molar-refractivity contribution in [1.29, 1.82) is 0 Å². The van der Waals surface area contributed by atoms with E-state index in [2.05, 4.69) is 20.9 Å². The fourth-order valence-corrected chi connectivity index (χ4v) is 2.62. The summed E-state index contributed by atoms with van der Waals surface area (Å²) in [5.41, 5.74) is 0.288. The molecule has 1 aliphatic carbocycles. The van der Waals surface area contributed by atoms with Crippen LogP contribution < -0.4 is 10.6 Å². The van der Waals surface area contributed by atoms with Crippen molar-refractivity contribution >= 4 is 11.9 Å². The molecule has 8 nitrogen and oxygen atoms in total. The van der Waals surface area contributed by atoms with Crippen LogP contribution >= 0.6 is 0 Å². The van der Waals surface area contributed by atoms with E-state index >= 15 is 0 Å². The van der Waals surface area contributed by atoms with E-state index in [1.807, 2.05) is 0 Å². The first kappa shape index (κ1) is 13.0. The molecular weight excluding hydrogens is 262 g/mol. The molecule has 0 aromatic carbocycles. The maximum absolute atomic E-state index is 12.0. The Bertz CT molecular complexity index is 525. The average molecular weight is 279 g/mol. The van der Waals surface area contributed by atoms with Gasteiger partial charge in [-0.3, -0.25) is 9.59 Å². The highest BCUT2D eigenvalue weighted by Gasteiger charge is 2.31. The first-order valence-corrected chi connectivity index (χ1v) is 6.79. The maximum atomic E-state index is 12.0. The number of carbonyl (C=O) groups excluding carboxylic acids is 1. The first-order chi connectivity index (χ1) is 9.63. The molecule has 2 atom stereocenters. The van der Waals surface area contributed by atoms with Crippen LogP contribution in [0.3, 0.4) is 0 Å². The molecule has 1 saturated heterocycles. The van der Waals surface area contributed by atoms with E-state index in [0.29, 0.717) is 19.3 Å². The second-order valence-electron chi connectivity index (χ2n) is 5.41. The standard InChI is InChI=1S/C12H17N5O3/c18-11(14-8-2-1-7(3-8)12(19)20)10-6-17(16-15-10)9-4-13-5-9/h6-9,13H,1-5H2,(H,14,18)(H,19,20)/t7-,8+/m1/s1. The topological polar surface area (TPSA) is 109 Å². The Kier molecular flexibility index (Phi) is 3.39. The number of amides is 1. The minimum Gasteiger partial charge on any atom is -0.481 e. The van der Waals surface area contributed by atoms with Crippen LogP contribution in [0.15, 0.2) is 6.20 Å². The van der Waals surface area contributed by atoms with Crippen molar-refractivity contribution in [3.63, 3.8) is 0 Å². The molecule has 1 saturated carbocycles. The Balaban J connectivity index is 1.56. The minimum absolute atomic E-state index is 0.0841. The summed E-state index contributed by atoms with van der Waals surface area (Å²) >= 11 is 0. The van der Waals surface area contributed by atoms with Crippen molar-refractivity contribution < 1.29 is 14.7 Å². The van der Waals surface area contributed by atoms with E-state index < -0.39 is 5.97 Å². The molecular formula is C12H17N5O3. The molecule has 2 heterocycles. The highest BCUT2D eigenvalue weighted by molar-refractivity contribution is 5.92. The summed E-state index contributed by atoms with van der Waals surface area (Å²) in [6.07, 6.45) is 3.44. The van der Waals surface area contributed by atoms with Crippen molar-refractivity contribution in [2.24, 2.45) is 5.92 Å². The number of carboxylic acid groups (broad SMARTS) is 1. The third kappa shape index (κ3) is 2.51. The molecule has 2 aliphatic rings. The zero-order chi connectivity index (χ0) is 14.1. The third-order valence-corrected chi connectivity index (χ3v) is 3.99. The van der Waals surface area contributed by atoms with Gasteiger partial charge in [0.15, 0.2) is 5.69 Å². The smallest absolute Gasteiger partial charge is 0.306 e. The van der Waals surface area contributed by atoms with Crippen LogP contribution in [0.5, 0.6) is 0 Å². The highest BCUT2D eigenvalue weighted by Crippen LogP contribution is 2.25. The Morgan fingerprint density at radius 3 is 2.80 bits per heavy atom. The predicted molar refractivity (Wildman–Crippen MR) is 68.2 cm³/mol. The van der Waals surface area contributed by atoms with Gasteiger partial charge in [-0.25, -0.2) is 4.68 Å². The summed E-state index contributed by atoms with van der Waals surface area (Å²) in [5, 5.41) is 22.7. The van der Waals surface area contributed by atoms with Gasteiger partial charge in [-0.05, 0) is 19.3 Å². The molecule has 1 amide bonds. The fourth-order valence-electron chi connectivity index (χ4n) is 2.62. The number of aromatic nitrogens is 3. The van der Waals surface area contributed by atoms with E-state index in [-0.39, 0.29) is 29.6 Å². The minimum atomic E-state index is -0.787. The Hall–Kier alpha value is -1.96. The molecule has 0 unspecified atom stereocenters. The largest absolute Gasteiger partial charge is 0.481 e. The summed E-state index contributed by atoms with van der Waals surface area (Å²) in [7, 11) is 0. The number of hydrogen-bond donors (Lipinski definition) is 3. The Morgan fingerprint density at radius 1 is 1.40 bits per heavy atom. The van der Waals surface area contributed by atoms with Crippen molar-refractivity contribution in [3.05, 3.63) is 11.9 Å². The summed E-state index contributed by atoms with van der Waals surface area (Å²) in [6, 6.07) is 0.186. The van der Waals surface area contributed by atoms with E-state index in [9.17, 15) is 9.59 Å². The number of carboxylic acids is 1. The number of aliphatic carboxylic acids is 1. The van der Waals surface area contributed by atoms with Crippen LogP contribution in [-0.4, -0.2) is 51.1 Å². The van der Waals surface area contributed by atoms with E-state index in [1.54, 1.807) is 10.9 Å². The molecule has 20 heavy (non-hydrogen) atoms. The highest BCUT2D eigenvalue weighted by atomic mass is 16.4. The third-order valence-electron chi connectivity index (χ3n) is 3.99. The van der Waals surface area contributed by atoms with Crippen LogP contribution in [0.1, 0.15) is 35.8 Å². The zero-order valence-electron chi connectivity index (χ0n) is 11.0. The number of rotatable bonds is 4. The maximum Gasteiger partial charge on any atom is 0.306 e.